The van der Waals surface area contributed by atoms with E-state index in [1.807, 2.05) is 0 Å². The van der Waals surface area contributed by atoms with Crippen LogP contribution in [0.5, 0.6) is 0 Å². The fraction of sp³-hybridized carbons (Fsp3) is 0.636. The Morgan fingerprint density at radius 1 is 0.964 bits per heavy atom. The lowest BCUT2D eigenvalue weighted by molar-refractivity contribution is -0.139. The zero-order valence-electron chi connectivity index (χ0n) is 16.2. The van der Waals surface area contributed by atoms with E-state index in [2.05, 4.69) is 4.90 Å². The van der Waals surface area contributed by atoms with Crippen molar-refractivity contribution in [2.75, 3.05) is 24.5 Å². The smallest absolute Gasteiger partial charge is 0.229 e. The molecule has 1 aliphatic carbocycles. The quantitative estimate of drug-likeness (QED) is 0.757. The molecule has 3 fully saturated rings. The van der Waals surface area contributed by atoms with Gasteiger partial charge in [-0.1, -0.05) is 19.3 Å². The third-order valence-corrected chi connectivity index (χ3v) is 6.97. The van der Waals surface area contributed by atoms with E-state index in [0.29, 0.717) is 25.6 Å². The van der Waals surface area contributed by atoms with Gasteiger partial charge in [-0.3, -0.25) is 4.79 Å². The molecule has 2 heterocycles. The third-order valence-electron chi connectivity index (χ3n) is 6.97. The van der Waals surface area contributed by atoms with Gasteiger partial charge in [0.1, 0.15) is 5.69 Å². The van der Waals surface area contributed by atoms with Crippen molar-refractivity contribution in [1.29, 1.82) is 5.26 Å². The summed E-state index contributed by atoms with van der Waals surface area (Å²) in [5.41, 5.74) is -0.448. The van der Waals surface area contributed by atoms with E-state index in [-0.39, 0.29) is 22.6 Å². The van der Waals surface area contributed by atoms with Crippen molar-refractivity contribution < 1.29 is 13.6 Å². The average molecular weight is 387 g/mol. The van der Waals surface area contributed by atoms with Gasteiger partial charge < -0.3 is 9.80 Å². The summed E-state index contributed by atoms with van der Waals surface area (Å²) < 4.78 is 28.9. The number of hydrogen-bond donors (Lipinski definition) is 0. The molecule has 6 heteroatoms. The molecule has 2 saturated heterocycles. The summed E-state index contributed by atoms with van der Waals surface area (Å²) in [6.45, 7) is 1.81. The second-order valence-corrected chi connectivity index (χ2v) is 8.56. The zero-order chi connectivity index (χ0) is 19.7. The second kappa shape index (κ2) is 7.69. The number of hydrogen-bond acceptors (Lipinski definition) is 3. The Kier molecular flexibility index (Phi) is 5.27. The molecule has 1 spiro atoms. The second-order valence-electron chi connectivity index (χ2n) is 8.56. The first-order chi connectivity index (χ1) is 13.5. The Hall–Kier alpha value is -2.16. The molecule has 0 bridgehead atoms. The van der Waals surface area contributed by atoms with Crippen LogP contribution in [0.1, 0.15) is 63.4 Å². The first kappa shape index (κ1) is 19.2. The topological polar surface area (TPSA) is 47.3 Å². The number of anilines is 1. The van der Waals surface area contributed by atoms with Gasteiger partial charge >= 0.3 is 0 Å². The number of nitriles is 1. The molecule has 28 heavy (non-hydrogen) atoms. The summed E-state index contributed by atoms with van der Waals surface area (Å²) in [4.78, 5) is 17.1. The molecule has 1 aromatic carbocycles. The van der Waals surface area contributed by atoms with Crippen LogP contribution in [0.3, 0.4) is 0 Å². The van der Waals surface area contributed by atoms with Crippen molar-refractivity contribution in [2.24, 2.45) is 5.41 Å². The lowest BCUT2D eigenvalue weighted by atomic mass is 9.79. The molecule has 150 valence electrons. The Bertz CT molecular complexity index is 776. The molecule has 1 atom stereocenters. The van der Waals surface area contributed by atoms with E-state index in [9.17, 15) is 13.6 Å². The maximum atomic E-state index is 14.5. The van der Waals surface area contributed by atoms with Gasteiger partial charge in [-0.15, -0.1) is 0 Å². The molecule has 4 nitrogen and oxygen atoms in total. The van der Waals surface area contributed by atoms with Crippen molar-refractivity contribution in [3.05, 3.63) is 29.3 Å². The van der Waals surface area contributed by atoms with E-state index in [1.54, 1.807) is 11.0 Å². The SMILES string of the molecule is N#Cc1cc(F)c(N2CCCC3(CC2)CCN(C2CCCCC2)C3=O)c(F)c1. The highest BCUT2D eigenvalue weighted by atomic mass is 19.1. The molecule has 1 saturated carbocycles. The summed E-state index contributed by atoms with van der Waals surface area (Å²) in [6, 6.07) is 4.34. The number of carbonyl (C=O) groups is 1. The molecule has 0 aromatic heterocycles. The molecular formula is C22H27F2N3O. The van der Waals surface area contributed by atoms with E-state index in [4.69, 9.17) is 5.26 Å². The third kappa shape index (κ3) is 3.36. The van der Waals surface area contributed by atoms with Crippen molar-refractivity contribution >= 4 is 11.6 Å². The van der Waals surface area contributed by atoms with Crippen LogP contribution >= 0.6 is 0 Å². The minimum absolute atomic E-state index is 0.0147. The number of carbonyl (C=O) groups excluding carboxylic acids is 1. The Morgan fingerprint density at radius 3 is 2.32 bits per heavy atom. The van der Waals surface area contributed by atoms with Crippen LogP contribution < -0.4 is 4.90 Å². The minimum atomic E-state index is -0.700. The van der Waals surface area contributed by atoms with Crippen molar-refractivity contribution in [2.45, 2.75) is 63.8 Å². The van der Waals surface area contributed by atoms with Crippen molar-refractivity contribution in [1.82, 2.24) is 4.90 Å². The highest BCUT2D eigenvalue weighted by molar-refractivity contribution is 5.85. The van der Waals surface area contributed by atoms with Crippen LogP contribution in [-0.2, 0) is 4.79 Å². The van der Waals surface area contributed by atoms with Gasteiger partial charge in [0.2, 0.25) is 5.91 Å². The molecular weight excluding hydrogens is 360 g/mol. The number of likely N-dealkylation sites (tertiary alicyclic amines) is 1. The molecule has 1 amide bonds. The Labute approximate surface area is 165 Å². The summed E-state index contributed by atoms with van der Waals surface area (Å²) in [5, 5.41) is 8.89. The van der Waals surface area contributed by atoms with Crippen LogP contribution in [-0.4, -0.2) is 36.5 Å². The maximum absolute atomic E-state index is 14.5. The van der Waals surface area contributed by atoms with Crippen LogP contribution in [0.15, 0.2) is 12.1 Å². The van der Waals surface area contributed by atoms with E-state index in [0.717, 1.165) is 50.8 Å². The molecule has 0 radical (unpaired) electrons. The van der Waals surface area contributed by atoms with Crippen molar-refractivity contribution in [3.8, 4) is 6.07 Å². The number of nitrogens with zero attached hydrogens (tertiary/aromatic N) is 3. The zero-order valence-corrected chi connectivity index (χ0v) is 16.2. The predicted molar refractivity (Wildman–Crippen MR) is 103 cm³/mol. The average Bonchev–Trinajstić information content (AvgIpc) is 2.87. The van der Waals surface area contributed by atoms with Gasteiger partial charge in [0.25, 0.3) is 0 Å². The van der Waals surface area contributed by atoms with E-state index >= 15 is 0 Å². The fourth-order valence-electron chi connectivity index (χ4n) is 5.40. The first-order valence-corrected chi connectivity index (χ1v) is 10.5. The Balaban J connectivity index is 1.50. The minimum Gasteiger partial charge on any atom is -0.367 e. The number of benzene rings is 1. The van der Waals surface area contributed by atoms with Crippen molar-refractivity contribution in [3.63, 3.8) is 0 Å². The highest BCUT2D eigenvalue weighted by Crippen LogP contribution is 2.44. The van der Waals surface area contributed by atoms with E-state index in [1.165, 1.54) is 19.3 Å². The van der Waals surface area contributed by atoms with Gasteiger partial charge in [0.05, 0.1) is 17.0 Å². The summed E-state index contributed by atoms with van der Waals surface area (Å²) in [7, 11) is 0. The maximum Gasteiger partial charge on any atom is 0.229 e. The normalized spacial score (nSPS) is 26.5. The molecule has 4 rings (SSSR count). The van der Waals surface area contributed by atoms with Gasteiger partial charge in [-0.05, 0) is 50.7 Å². The Morgan fingerprint density at radius 2 is 1.64 bits per heavy atom. The molecule has 2 aliphatic heterocycles. The van der Waals surface area contributed by atoms with Gasteiger partial charge in [-0.25, -0.2) is 8.78 Å². The highest BCUT2D eigenvalue weighted by Gasteiger charge is 2.48. The van der Waals surface area contributed by atoms with Crippen LogP contribution in [0, 0.1) is 28.4 Å². The molecule has 1 aromatic rings. The number of halogens is 2. The standard InChI is InChI=1S/C22H27F2N3O/c23-18-13-16(15-25)14-19(24)20(18)26-10-4-7-22(8-11-26)9-12-27(21(22)28)17-5-2-1-3-6-17/h13-14,17H,1-12H2. The van der Waals surface area contributed by atoms with E-state index < -0.39 is 11.6 Å². The fourth-order valence-corrected chi connectivity index (χ4v) is 5.40. The predicted octanol–water partition coefficient (Wildman–Crippen LogP) is 4.38. The first-order valence-electron chi connectivity index (χ1n) is 10.5. The monoisotopic (exact) mass is 387 g/mol. The summed E-state index contributed by atoms with van der Waals surface area (Å²) in [5.74, 6) is -1.13. The van der Waals surface area contributed by atoms with Crippen LogP contribution in [0.2, 0.25) is 0 Å². The molecule has 3 aliphatic rings. The molecule has 0 N–H and O–H groups in total. The van der Waals surface area contributed by atoms with Gasteiger partial charge in [-0.2, -0.15) is 5.26 Å². The lowest BCUT2D eigenvalue weighted by Crippen LogP contribution is -2.42. The lowest BCUT2D eigenvalue weighted by Gasteiger charge is -2.33. The molecule has 1 unspecified atom stereocenters. The van der Waals surface area contributed by atoms with Crippen LogP contribution in [0.4, 0.5) is 14.5 Å². The van der Waals surface area contributed by atoms with Gasteiger partial charge in [0, 0.05) is 25.7 Å². The van der Waals surface area contributed by atoms with Gasteiger partial charge in [0.15, 0.2) is 11.6 Å². The number of rotatable bonds is 2. The number of amides is 1. The summed E-state index contributed by atoms with van der Waals surface area (Å²) >= 11 is 0. The van der Waals surface area contributed by atoms with Crippen LogP contribution in [0.25, 0.3) is 0 Å². The largest absolute Gasteiger partial charge is 0.367 e. The summed E-state index contributed by atoms with van der Waals surface area (Å²) in [6.07, 6.45) is 8.89.